The number of amides is 1. The fourth-order valence-corrected chi connectivity index (χ4v) is 3.78. The van der Waals surface area contributed by atoms with E-state index in [2.05, 4.69) is 30.1 Å². The number of nitrogens with one attached hydrogen (secondary N) is 1. The lowest BCUT2D eigenvalue weighted by Gasteiger charge is -2.26. The summed E-state index contributed by atoms with van der Waals surface area (Å²) in [7, 11) is 0. The lowest BCUT2D eigenvalue weighted by Crippen LogP contribution is -2.35. The molecule has 0 aliphatic carbocycles. The molecule has 4 heteroatoms. The number of benzene rings is 2. The minimum atomic E-state index is 0.188. The SMILES string of the molecule is Cc1cccc(CC(=O)N2CC=C(c3c[nH]c4ccc(Cl)cc34)CC2)c1. The summed E-state index contributed by atoms with van der Waals surface area (Å²) >= 11 is 6.15. The summed E-state index contributed by atoms with van der Waals surface area (Å²) in [5.74, 6) is 0.188. The van der Waals surface area contributed by atoms with E-state index in [0.717, 1.165) is 34.5 Å². The molecule has 1 aromatic heterocycles. The van der Waals surface area contributed by atoms with Crippen LogP contribution < -0.4 is 0 Å². The number of H-pyrrole nitrogens is 1. The first-order chi connectivity index (χ1) is 12.6. The first-order valence-corrected chi connectivity index (χ1v) is 9.27. The molecule has 0 saturated heterocycles. The first-order valence-electron chi connectivity index (χ1n) is 8.89. The van der Waals surface area contributed by atoms with E-state index in [9.17, 15) is 4.79 Å². The molecule has 3 aromatic rings. The summed E-state index contributed by atoms with van der Waals surface area (Å²) in [5.41, 5.74) is 5.82. The van der Waals surface area contributed by atoms with Gasteiger partial charge >= 0.3 is 0 Å². The molecule has 0 atom stereocenters. The highest BCUT2D eigenvalue weighted by molar-refractivity contribution is 6.31. The van der Waals surface area contributed by atoms with Gasteiger partial charge in [-0.05, 0) is 42.7 Å². The molecule has 1 amide bonds. The molecule has 0 radical (unpaired) electrons. The van der Waals surface area contributed by atoms with Crippen LogP contribution in [0.3, 0.4) is 0 Å². The molecular formula is C22H21ClN2O. The Morgan fingerprint density at radius 1 is 1.23 bits per heavy atom. The lowest BCUT2D eigenvalue weighted by molar-refractivity contribution is -0.130. The standard InChI is InChI=1S/C22H21ClN2O/c1-15-3-2-4-16(11-15)12-22(26)25-9-7-17(8-10-25)20-14-24-21-6-5-18(23)13-19(20)21/h2-7,11,13-14,24H,8-10,12H2,1H3. The maximum absolute atomic E-state index is 12.6. The van der Waals surface area contributed by atoms with Gasteiger partial charge in [-0.1, -0.05) is 47.5 Å². The summed E-state index contributed by atoms with van der Waals surface area (Å²) in [6.45, 7) is 3.47. The van der Waals surface area contributed by atoms with Gasteiger partial charge < -0.3 is 9.88 Å². The van der Waals surface area contributed by atoms with Gasteiger partial charge in [0.1, 0.15) is 0 Å². The molecule has 2 heterocycles. The van der Waals surface area contributed by atoms with Crippen LogP contribution in [-0.2, 0) is 11.2 Å². The van der Waals surface area contributed by atoms with Gasteiger partial charge in [0.05, 0.1) is 6.42 Å². The van der Waals surface area contributed by atoms with Gasteiger partial charge in [-0.15, -0.1) is 0 Å². The molecule has 0 fully saturated rings. The third-order valence-corrected chi connectivity index (χ3v) is 5.22. The molecule has 3 nitrogen and oxygen atoms in total. The summed E-state index contributed by atoms with van der Waals surface area (Å²) in [6.07, 6.45) is 5.53. The van der Waals surface area contributed by atoms with Crippen LogP contribution in [0.1, 0.15) is 23.1 Å². The molecule has 1 aliphatic heterocycles. The second-order valence-corrected chi connectivity index (χ2v) is 7.31. The van der Waals surface area contributed by atoms with Crippen LogP contribution >= 0.6 is 11.6 Å². The van der Waals surface area contributed by atoms with Crippen molar-refractivity contribution in [2.75, 3.05) is 13.1 Å². The van der Waals surface area contributed by atoms with Crippen LogP contribution in [0.25, 0.3) is 16.5 Å². The predicted molar refractivity (Wildman–Crippen MR) is 107 cm³/mol. The average molecular weight is 365 g/mol. The molecule has 26 heavy (non-hydrogen) atoms. The van der Waals surface area contributed by atoms with Gasteiger partial charge in [-0.3, -0.25) is 4.79 Å². The van der Waals surface area contributed by atoms with Gasteiger partial charge in [-0.2, -0.15) is 0 Å². The van der Waals surface area contributed by atoms with Crippen molar-refractivity contribution in [2.45, 2.75) is 19.8 Å². The number of aromatic amines is 1. The summed E-state index contributed by atoms with van der Waals surface area (Å²) in [4.78, 5) is 17.8. The fraction of sp³-hybridized carbons (Fsp3) is 0.227. The predicted octanol–water partition coefficient (Wildman–Crippen LogP) is 4.99. The normalized spacial score (nSPS) is 14.5. The van der Waals surface area contributed by atoms with E-state index in [-0.39, 0.29) is 5.91 Å². The zero-order chi connectivity index (χ0) is 18.1. The highest BCUT2D eigenvalue weighted by atomic mass is 35.5. The van der Waals surface area contributed by atoms with Crippen molar-refractivity contribution in [3.05, 3.63) is 76.5 Å². The van der Waals surface area contributed by atoms with Gasteiger partial charge in [0, 0.05) is 40.8 Å². The van der Waals surface area contributed by atoms with Crippen molar-refractivity contribution < 1.29 is 4.79 Å². The Hall–Kier alpha value is -2.52. The monoisotopic (exact) mass is 364 g/mol. The first kappa shape index (κ1) is 16.9. The zero-order valence-electron chi connectivity index (χ0n) is 14.8. The van der Waals surface area contributed by atoms with Crippen LogP contribution in [0.2, 0.25) is 5.02 Å². The smallest absolute Gasteiger partial charge is 0.227 e. The number of rotatable bonds is 3. The van der Waals surface area contributed by atoms with E-state index in [4.69, 9.17) is 11.6 Å². The van der Waals surface area contributed by atoms with E-state index >= 15 is 0 Å². The minimum Gasteiger partial charge on any atom is -0.361 e. The Morgan fingerprint density at radius 2 is 2.12 bits per heavy atom. The van der Waals surface area contributed by atoms with Crippen LogP contribution in [0.5, 0.6) is 0 Å². The largest absolute Gasteiger partial charge is 0.361 e. The number of aromatic nitrogens is 1. The number of nitrogens with zero attached hydrogens (tertiary/aromatic N) is 1. The molecule has 0 spiro atoms. The Kier molecular flexibility index (Phi) is 4.56. The zero-order valence-corrected chi connectivity index (χ0v) is 15.5. The van der Waals surface area contributed by atoms with E-state index in [1.165, 1.54) is 16.7 Å². The third-order valence-electron chi connectivity index (χ3n) is 4.99. The highest BCUT2D eigenvalue weighted by Gasteiger charge is 2.19. The second-order valence-electron chi connectivity index (χ2n) is 6.88. The Balaban J connectivity index is 1.49. The van der Waals surface area contributed by atoms with E-state index < -0.39 is 0 Å². The van der Waals surface area contributed by atoms with Crippen molar-refractivity contribution >= 4 is 34.0 Å². The highest BCUT2D eigenvalue weighted by Crippen LogP contribution is 2.31. The van der Waals surface area contributed by atoms with Gasteiger partial charge in [0.25, 0.3) is 0 Å². The van der Waals surface area contributed by atoms with E-state index in [1.807, 2.05) is 41.4 Å². The van der Waals surface area contributed by atoms with E-state index in [1.54, 1.807) is 0 Å². The molecule has 4 rings (SSSR count). The quantitative estimate of drug-likeness (QED) is 0.698. The number of carbonyl (C=O) groups excluding carboxylic acids is 1. The molecule has 1 aliphatic rings. The van der Waals surface area contributed by atoms with Crippen molar-refractivity contribution in [1.29, 1.82) is 0 Å². The summed E-state index contributed by atoms with van der Waals surface area (Å²) < 4.78 is 0. The van der Waals surface area contributed by atoms with Gasteiger partial charge in [0.15, 0.2) is 0 Å². The van der Waals surface area contributed by atoms with Crippen molar-refractivity contribution in [1.82, 2.24) is 9.88 Å². The maximum Gasteiger partial charge on any atom is 0.227 e. The van der Waals surface area contributed by atoms with Gasteiger partial charge in [-0.25, -0.2) is 0 Å². The minimum absolute atomic E-state index is 0.188. The summed E-state index contributed by atoms with van der Waals surface area (Å²) in [5, 5.41) is 1.88. The lowest BCUT2D eigenvalue weighted by atomic mass is 9.98. The average Bonchev–Trinajstić information content (AvgIpc) is 3.05. The molecule has 0 bridgehead atoms. The third kappa shape index (κ3) is 3.40. The number of aryl methyl sites for hydroxylation is 1. The fourth-order valence-electron chi connectivity index (χ4n) is 3.61. The van der Waals surface area contributed by atoms with Crippen LogP contribution in [-0.4, -0.2) is 28.9 Å². The van der Waals surface area contributed by atoms with Gasteiger partial charge in [0.2, 0.25) is 5.91 Å². The second kappa shape index (κ2) is 7.00. The van der Waals surface area contributed by atoms with E-state index in [0.29, 0.717) is 13.0 Å². The number of fused-ring (bicyclic) bond motifs is 1. The Morgan fingerprint density at radius 3 is 2.88 bits per heavy atom. The van der Waals surface area contributed by atoms with Crippen LogP contribution in [0.15, 0.2) is 54.7 Å². The topological polar surface area (TPSA) is 36.1 Å². The maximum atomic E-state index is 12.6. The number of hydrogen-bond donors (Lipinski definition) is 1. The Bertz CT molecular complexity index is 1000. The molecule has 132 valence electrons. The van der Waals surface area contributed by atoms with Crippen LogP contribution in [0.4, 0.5) is 0 Å². The van der Waals surface area contributed by atoms with Crippen molar-refractivity contribution in [3.63, 3.8) is 0 Å². The number of hydrogen-bond acceptors (Lipinski definition) is 1. The molecular weight excluding hydrogens is 344 g/mol. The molecule has 1 N–H and O–H groups in total. The molecule has 0 unspecified atom stereocenters. The van der Waals surface area contributed by atoms with Crippen molar-refractivity contribution in [2.24, 2.45) is 0 Å². The molecule has 2 aromatic carbocycles. The molecule has 0 saturated carbocycles. The Labute approximate surface area is 158 Å². The number of halogens is 1. The van der Waals surface area contributed by atoms with Crippen LogP contribution in [0, 0.1) is 6.92 Å². The number of carbonyl (C=O) groups is 1. The summed E-state index contributed by atoms with van der Waals surface area (Å²) in [6, 6.07) is 14.1. The van der Waals surface area contributed by atoms with Crippen molar-refractivity contribution in [3.8, 4) is 0 Å².